The van der Waals surface area contributed by atoms with Crippen molar-refractivity contribution >= 4 is 12.3 Å². The van der Waals surface area contributed by atoms with Gasteiger partial charge in [0, 0.05) is 17.8 Å². The van der Waals surface area contributed by atoms with E-state index in [0.29, 0.717) is 50.7 Å². The lowest BCUT2D eigenvalue weighted by molar-refractivity contribution is -0.168. The molecule has 254 valence electrons. The molecule has 5 unspecified atom stereocenters. The summed E-state index contributed by atoms with van der Waals surface area (Å²) in [7, 11) is 0. The Morgan fingerprint density at radius 2 is 1.71 bits per heavy atom. The van der Waals surface area contributed by atoms with Gasteiger partial charge in [-0.3, -0.25) is 9.59 Å². The molecule has 5 nitrogen and oxygen atoms in total. The second kappa shape index (κ2) is 19.4. The molecule has 45 heavy (non-hydrogen) atoms. The molecule has 0 saturated heterocycles. The van der Waals surface area contributed by atoms with Gasteiger partial charge in [0.25, 0.3) is 0 Å². The molecular formula is C40H64O5. The van der Waals surface area contributed by atoms with E-state index in [0.717, 1.165) is 49.5 Å². The summed E-state index contributed by atoms with van der Waals surface area (Å²) in [6.45, 7) is 16.9. The van der Waals surface area contributed by atoms with E-state index in [1.807, 2.05) is 26.0 Å². The second-order valence-electron chi connectivity index (χ2n) is 14.3. The summed E-state index contributed by atoms with van der Waals surface area (Å²) in [5.41, 5.74) is 3.30. The summed E-state index contributed by atoms with van der Waals surface area (Å²) in [6, 6.07) is 0. The topological polar surface area (TPSA) is 83.8 Å². The van der Waals surface area contributed by atoms with Crippen LogP contribution < -0.4 is 0 Å². The highest BCUT2D eigenvalue weighted by atomic mass is 16.5. The van der Waals surface area contributed by atoms with Crippen LogP contribution in [0, 0.1) is 17.3 Å². The molecule has 2 rings (SSSR count). The number of esters is 1. The van der Waals surface area contributed by atoms with E-state index >= 15 is 0 Å². The lowest BCUT2D eigenvalue weighted by atomic mass is 9.52. The number of allylic oxidation sites excluding steroid dienone is 8. The van der Waals surface area contributed by atoms with Crippen LogP contribution in [-0.4, -0.2) is 40.8 Å². The monoisotopic (exact) mass is 624 g/mol. The Labute approximate surface area is 275 Å². The third-order valence-corrected chi connectivity index (χ3v) is 10.5. The maximum Gasteiger partial charge on any atom is 0.305 e. The maximum atomic E-state index is 12.4. The van der Waals surface area contributed by atoms with E-state index in [1.54, 1.807) is 0 Å². The third-order valence-electron chi connectivity index (χ3n) is 10.5. The Morgan fingerprint density at radius 3 is 2.38 bits per heavy atom. The van der Waals surface area contributed by atoms with Gasteiger partial charge in [0.2, 0.25) is 0 Å². The van der Waals surface area contributed by atoms with Crippen molar-refractivity contribution in [2.24, 2.45) is 17.3 Å². The van der Waals surface area contributed by atoms with Crippen molar-refractivity contribution in [1.82, 2.24) is 0 Å². The second-order valence-corrected chi connectivity index (χ2v) is 14.3. The first-order valence-corrected chi connectivity index (χ1v) is 17.8. The molecular weight excluding hydrogens is 560 g/mol. The molecule has 5 heteroatoms. The van der Waals surface area contributed by atoms with E-state index < -0.39 is 17.1 Å². The predicted octanol–water partition coefficient (Wildman–Crippen LogP) is 9.69. The number of aldehydes is 1. The summed E-state index contributed by atoms with van der Waals surface area (Å²) < 4.78 is 5.61. The van der Waals surface area contributed by atoms with E-state index in [4.69, 9.17) is 4.74 Å². The number of rotatable bonds is 19. The largest absolute Gasteiger partial charge is 0.466 e. The molecule has 2 N–H and O–H groups in total. The minimum atomic E-state index is -1.10. The Bertz CT molecular complexity index is 1090. The summed E-state index contributed by atoms with van der Waals surface area (Å²) in [4.78, 5) is 24.4. The first kappa shape index (κ1) is 38.9. The number of aliphatic hydroxyl groups excluding tert-OH is 1. The summed E-state index contributed by atoms with van der Waals surface area (Å²) in [5, 5.41) is 24.0. The highest BCUT2D eigenvalue weighted by Gasteiger charge is 2.63. The number of ether oxygens (including phenoxy) is 1. The number of hydrogen-bond acceptors (Lipinski definition) is 5. The van der Waals surface area contributed by atoms with Crippen molar-refractivity contribution in [2.75, 3.05) is 6.61 Å². The number of carbonyl (C=O) groups is 2. The molecule has 5 atom stereocenters. The molecule has 2 fully saturated rings. The van der Waals surface area contributed by atoms with Crippen LogP contribution in [0.15, 0.2) is 58.7 Å². The van der Waals surface area contributed by atoms with Crippen LogP contribution in [0.4, 0.5) is 0 Å². The van der Waals surface area contributed by atoms with Gasteiger partial charge in [0.05, 0.1) is 18.3 Å². The number of aliphatic hydroxyl groups is 2. The summed E-state index contributed by atoms with van der Waals surface area (Å²) in [6.07, 6.45) is 22.8. The van der Waals surface area contributed by atoms with Gasteiger partial charge in [-0.25, -0.2) is 0 Å². The maximum absolute atomic E-state index is 12.4. The number of unbranched alkanes of at least 4 members (excludes halogenated alkanes) is 6. The molecule has 0 aliphatic heterocycles. The minimum absolute atomic E-state index is 0.154. The smallest absolute Gasteiger partial charge is 0.305 e. The molecule has 1 spiro atoms. The SMILES string of the molecule is C=C(C=CC=C(C)CCC=C(C)C)C1CCC2(C(CCCOC(=O)CCCCCCCCC)C(=C(C)C=O)CCC2(C)O)C1O. The minimum Gasteiger partial charge on any atom is -0.466 e. The normalized spacial score (nSPS) is 28.0. The van der Waals surface area contributed by atoms with E-state index in [1.165, 1.54) is 43.3 Å². The molecule has 0 bridgehead atoms. The molecule has 2 aliphatic carbocycles. The molecule has 0 amide bonds. The molecule has 2 aliphatic rings. The first-order chi connectivity index (χ1) is 21.4. The molecule has 2 saturated carbocycles. The standard InChI is InChI=1S/C40H64O5/c1-8-9-10-11-12-13-14-23-37(42)45-28-17-22-36-34(33(6)29-41)24-26-39(7,44)40(36)27-25-35(38(40)43)32(5)21-16-20-31(4)19-15-18-30(2)3/h16,18,20-21,29,35-36,38,43-44H,5,8-15,17,19,22-28H2,1-4,6-7H3. The lowest BCUT2D eigenvalue weighted by Crippen LogP contribution is -2.59. The van der Waals surface area contributed by atoms with Crippen molar-refractivity contribution in [2.45, 2.75) is 156 Å². The average molecular weight is 625 g/mol. The predicted molar refractivity (Wildman–Crippen MR) is 187 cm³/mol. The van der Waals surface area contributed by atoms with Gasteiger partial charge >= 0.3 is 5.97 Å². The fourth-order valence-electron chi connectivity index (χ4n) is 7.77. The molecule has 0 aromatic carbocycles. The van der Waals surface area contributed by atoms with Crippen molar-refractivity contribution in [1.29, 1.82) is 0 Å². The highest BCUT2D eigenvalue weighted by Crippen LogP contribution is 2.62. The van der Waals surface area contributed by atoms with Crippen LogP contribution in [0.5, 0.6) is 0 Å². The first-order valence-electron chi connectivity index (χ1n) is 17.8. The van der Waals surface area contributed by atoms with Crippen LogP contribution in [0.1, 0.15) is 144 Å². The Balaban J connectivity index is 2.09. The van der Waals surface area contributed by atoms with Gasteiger partial charge in [0.15, 0.2) is 0 Å². The summed E-state index contributed by atoms with van der Waals surface area (Å²) >= 11 is 0. The fraction of sp³-hybridized carbons (Fsp3) is 0.700. The third kappa shape index (κ3) is 11.2. The highest BCUT2D eigenvalue weighted by molar-refractivity contribution is 5.74. The quantitative estimate of drug-likeness (QED) is 0.0373. The molecule has 0 aromatic rings. The van der Waals surface area contributed by atoms with Gasteiger partial charge in [-0.1, -0.05) is 93.1 Å². The Kier molecular flexibility index (Phi) is 16.8. The van der Waals surface area contributed by atoms with Crippen LogP contribution in [-0.2, 0) is 14.3 Å². The van der Waals surface area contributed by atoms with Crippen molar-refractivity contribution < 1.29 is 24.5 Å². The molecule has 0 radical (unpaired) electrons. The Hall–Kier alpha value is -2.24. The van der Waals surface area contributed by atoms with Crippen LogP contribution in [0.3, 0.4) is 0 Å². The van der Waals surface area contributed by atoms with Gasteiger partial charge in [0.1, 0.15) is 6.29 Å². The summed E-state index contributed by atoms with van der Waals surface area (Å²) in [5.74, 6) is -0.508. The molecule has 0 aromatic heterocycles. The van der Waals surface area contributed by atoms with Crippen LogP contribution >= 0.6 is 0 Å². The average Bonchev–Trinajstić information content (AvgIpc) is 3.34. The lowest BCUT2D eigenvalue weighted by Gasteiger charge is -2.55. The van der Waals surface area contributed by atoms with Gasteiger partial charge < -0.3 is 14.9 Å². The van der Waals surface area contributed by atoms with Crippen molar-refractivity contribution in [3.8, 4) is 0 Å². The van der Waals surface area contributed by atoms with Crippen LogP contribution in [0.25, 0.3) is 0 Å². The van der Waals surface area contributed by atoms with Gasteiger partial charge in [-0.05, 0) is 109 Å². The number of carbonyl (C=O) groups excluding carboxylic acids is 2. The van der Waals surface area contributed by atoms with Gasteiger partial charge in [-0.15, -0.1) is 0 Å². The van der Waals surface area contributed by atoms with Crippen molar-refractivity contribution in [3.63, 3.8) is 0 Å². The van der Waals surface area contributed by atoms with E-state index in [-0.39, 0.29) is 17.8 Å². The number of hydrogen-bond donors (Lipinski definition) is 2. The van der Waals surface area contributed by atoms with E-state index in [9.17, 15) is 19.8 Å². The zero-order chi connectivity index (χ0) is 33.5. The van der Waals surface area contributed by atoms with Crippen molar-refractivity contribution in [3.05, 3.63) is 58.7 Å². The fourth-order valence-corrected chi connectivity index (χ4v) is 7.77. The Morgan fingerprint density at radius 1 is 1.02 bits per heavy atom. The zero-order valence-corrected chi connectivity index (χ0v) is 29.5. The molecule has 0 heterocycles. The van der Waals surface area contributed by atoms with E-state index in [2.05, 4.69) is 46.4 Å². The zero-order valence-electron chi connectivity index (χ0n) is 29.5. The van der Waals surface area contributed by atoms with Gasteiger partial charge in [-0.2, -0.15) is 0 Å². The van der Waals surface area contributed by atoms with Crippen LogP contribution in [0.2, 0.25) is 0 Å².